The number of carbonyl (C=O) groups excluding carboxylic acids is 2. The maximum Gasteiger partial charge on any atom is 0.277 e. The van der Waals surface area contributed by atoms with Gasteiger partial charge >= 0.3 is 0 Å². The molecule has 2 fully saturated rings. The third kappa shape index (κ3) is 3.44. The van der Waals surface area contributed by atoms with Crippen LogP contribution in [0.5, 0.6) is 5.75 Å². The first kappa shape index (κ1) is 23.7. The molecule has 0 radical (unpaired) electrons. The van der Waals surface area contributed by atoms with E-state index in [-0.39, 0.29) is 41.8 Å². The van der Waals surface area contributed by atoms with E-state index in [2.05, 4.69) is 5.32 Å². The van der Waals surface area contributed by atoms with E-state index in [1.54, 1.807) is 4.90 Å². The van der Waals surface area contributed by atoms with Crippen molar-refractivity contribution in [3.63, 3.8) is 0 Å². The zero-order valence-corrected chi connectivity index (χ0v) is 19.7. The van der Waals surface area contributed by atoms with E-state index in [0.717, 1.165) is 12.1 Å². The summed E-state index contributed by atoms with van der Waals surface area (Å²) in [5.74, 6) is -3.48. The Morgan fingerprint density at radius 3 is 2.83 bits per heavy atom. The summed E-state index contributed by atoms with van der Waals surface area (Å²) in [6, 6.07) is 1.37. The second-order valence-electron chi connectivity index (χ2n) is 8.70. The molecule has 186 valence electrons. The molecule has 0 aliphatic carbocycles. The number of nitrogens with zero attached hydrogens (tertiary/aromatic N) is 2. The van der Waals surface area contributed by atoms with Gasteiger partial charge in [0.05, 0.1) is 33.0 Å². The molecule has 2 aromatic rings. The molecular weight excluding hydrogens is 488 g/mol. The number of pyridine rings is 1. The summed E-state index contributed by atoms with van der Waals surface area (Å²) in [5.41, 5.74) is -2.13. The standard InChI is InChI=1S/C23H22ClF2N3O6/c1-11-9-35-23-5-6-34-10-15(23)28-8-13(19(30)20(33-2)18(28)22(32)29(11)23)21(31)27-7-12-3-4-14(25)16(24)17(12)26/h3-4,8,11,15H,5-7,9-10H2,1-2H3,(H,27,31)/t11-,15+,23+/m1/s1. The normalized spacial score (nSPS) is 25.1. The first-order valence-corrected chi connectivity index (χ1v) is 11.4. The van der Waals surface area contributed by atoms with Gasteiger partial charge in [-0.3, -0.25) is 14.4 Å². The number of aromatic nitrogens is 1. The number of hydrogen-bond acceptors (Lipinski definition) is 6. The van der Waals surface area contributed by atoms with Gasteiger partial charge in [-0.05, 0) is 13.0 Å². The molecule has 0 bridgehead atoms. The van der Waals surface area contributed by atoms with Gasteiger partial charge in [0.25, 0.3) is 11.8 Å². The number of methoxy groups -OCH3 is 1. The summed E-state index contributed by atoms with van der Waals surface area (Å²) in [6.45, 7) is 2.41. The van der Waals surface area contributed by atoms with E-state index in [1.807, 2.05) is 6.92 Å². The van der Waals surface area contributed by atoms with Crippen LogP contribution in [-0.2, 0) is 16.0 Å². The van der Waals surface area contributed by atoms with Gasteiger partial charge in [0, 0.05) is 24.7 Å². The topological polar surface area (TPSA) is 99.1 Å². The molecule has 1 aromatic carbocycles. The summed E-state index contributed by atoms with van der Waals surface area (Å²) in [6.07, 6.45) is 1.71. The van der Waals surface area contributed by atoms with Gasteiger partial charge in [0.2, 0.25) is 5.43 Å². The largest absolute Gasteiger partial charge is 0.491 e. The number of hydrogen-bond donors (Lipinski definition) is 1. The number of fused-ring (bicyclic) bond motifs is 2. The van der Waals surface area contributed by atoms with Crippen molar-refractivity contribution >= 4 is 23.4 Å². The average Bonchev–Trinajstić information content (AvgIpc) is 3.18. The zero-order chi connectivity index (χ0) is 25.1. The summed E-state index contributed by atoms with van der Waals surface area (Å²) in [4.78, 5) is 41.4. The third-order valence-corrected chi connectivity index (χ3v) is 7.12. The molecule has 3 atom stereocenters. The van der Waals surface area contributed by atoms with Crippen molar-refractivity contribution in [2.24, 2.45) is 0 Å². The Bertz CT molecular complexity index is 1300. The lowest BCUT2D eigenvalue weighted by Crippen LogP contribution is -2.63. The quantitative estimate of drug-likeness (QED) is 0.635. The van der Waals surface area contributed by atoms with Crippen LogP contribution >= 0.6 is 11.6 Å². The molecule has 0 unspecified atom stereocenters. The van der Waals surface area contributed by atoms with Gasteiger partial charge in [-0.15, -0.1) is 0 Å². The number of nitrogens with one attached hydrogen (secondary N) is 1. The fourth-order valence-electron chi connectivity index (χ4n) is 5.11. The highest BCUT2D eigenvalue weighted by molar-refractivity contribution is 6.30. The average molecular weight is 510 g/mol. The highest BCUT2D eigenvalue weighted by Gasteiger charge is 2.60. The Balaban J connectivity index is 1.56. The van der Waals surface area contributed by atoms with E-state index in [4.69, 9.17) is 25.8 Å². The molecule has 9 nitrogen and oxygen atoms in total. The van der Waals surface area contributed by atoms with Crippen molar-refractivity contribution < 1.29 is 32.6 Å². The predicted molar refractivity (Wildman–Crippen MR) is 119 cm³/mol. The minimum absolute atomic E-state index is 0.00823. The van der Waals surface area contributed by atoms with Crippen LogP contribution in [0.15, 0.2) is 23.1 Å². The molecule has 0 saturated carbocycles. The van der Waals surface area contributed by atoms with Gasteiger partial charge in [0.1, 0.15) is 28.3 Å². The summed E-state index contributed by atoms with van der Waals surface area (Å²) in [7, 11) is 1.24. The van der Waals surface area contributed by atoms with E-state index < -0.39 is 45.7 Å². The Labute approximate surface area is 203 Å². The van der Waals surface area contributed by atoms with Gasteiger partial charge in [-0.2, -0.15) is 0 Å². The van der Waals surface area contributed by atoms with Gasteiger partial charge in [-0.25, -0.2) is 8.78 Å². The van der Waals surface area contributed by atoms with Gasteiger partial charge < -0.3 is 29.0 Å². The number of ether oxygens (including phenoxy) is 3. The molecule has 4 heterocycles. The molecule has 5 rings (SSSR count). The number of halogens is 3. The molecular formula is C23H22ClF2N3O6. The van der Waals surface area contributed by atoms with Crippen molar-refractivity contribution in [2.45, 2.75) is 37.7 Å². The van der Waals surface area contributed by atoms with Crippen molar-refractivity contribution in [1.82, 2.24) is 14.8 Å². The lowest BCUT2D eigenvalue weighted by atomic mass is 9.91. The van der Waals surface area contributed by atoms with Crippen LogP contribution in [0.2, 0.25) is 5.02 Å². The molecule has 3 aliphatic heterocycles. The van der Waals surface area contributed by atoms with Gasteiger partial charge in [-0.1, -0.05) is 17.7 Å². The van der Waals surface area contributed by atoms with Crippen LogP contribution in [0.25, 0.3) is 0 Å². The highest BCUT2D eigenvalue weighted by Crippen LogP contribution is 2.47. The lowest BCUT2D eigenvalue weighted by Gasteiger charge is -2.51. The van der Waals surface area contributed by atoms with E-state index in [0.29, 0.717) is 19.6 Å². The molecule has 1 aromatic heterocycles. The van der Waals surface area contributed by atoms with Crippen molar-refractivity contribution in [1.29, 1.82) is 0 Å². The number of amides is 2. The Morgan fingerprint density at radius 2 is 2.09 bits per heavy atom. The first-order chi connectivity index (χ1) is 16.7. The monoisotopic (exact) mass is 509 g/mol. The summed E-state index contributed by atoms with van der Waals surface area (Å²) < 4.78 is 46.3. The highest BCUT2D eigenvalue weighted by atomic mass is 35.5. The van der Waals surface area contributed by atoms with Crippen molar-refractivity contribution in [3.8, 4) is 5.75 Å². The Hall–Kier alpha value is -3.02. The number of carbonyl (C=O) groups is 2. The number of rotatable bonds is 4. The van der Waals surface area contributed by atoms with E-state index in [9.17, 15) is 23.2 Å². The molecule has 3 aliphatic rings. The van der Waals surface area contributed by atoms with Gasteiger partial charge in [0.15, 0.2) is 17.2 Å². The smallest absolute Gasteiger partial charge is 0.277 e. The fraction of sp³-hybridized carbons (Fsp3) is 0.435. The molecule has 12 heteroatoms. The lowest BCUT2D eigenvalue weighted by molar-refractivity contribution is -0.172. The predicted octanol–water partition coefficient (Wildman–Crippen LogP) is 2.25. The summed E-state index contributed by atoms with van der Waals surface area (Å²) in [5, 5.41) is 1.76. The zero-order valence-electron chi connectivity index (χ0n) is 18.9. The van der Waals surface area contributed by atoms with Crippen LogP contribution in [-0.4, -0.2) is 60.0 Å². The minimum atomic E-state index is -1.01. The maximum absolute atomic E-state index is 14.2. The molecule has 1 N–H and O–H groups in total. The van der Waals surface area contributed by atoms with Crippen LogP contribution in [0.1, 0.15) is 45.8 Å². The molecule has 1 spiro atoms. The number of benzene rings is 1. The Kier molecular flexibility index (Phi) is 5.81. The summed E-state index contributed by atoms with van der Waals surface area (Å²) >= 11 is 5.60. The van der Waals surface area contributed by atoms with E-state index in [1.165, 1.54) is 17.9 Å². The van der Waals surface area contributed by atoms with E-state index >= 15 is 0 Å². The second-order valence-corrected chi connectivity index (χ2v) is 9.08. The molecule has 35 heavy (non-hydrogen) atoms. The minimum Gasteiger partial charge on any atom is -0.491 e. The van der Waals surface area contributed by atoms with Crippen LogP contribution in [0.4, 0.5) is 8.78 Å². The second kappa shape index (κ2) is 8.58. The van der Waals surface area contributed by atoms with Crippen molar-refractivity contribution in [3.05, 3.63) is 62.0 Å². The molecule has 2 saturated heterocycles. The SMILES string of the molecule is COc1c2n(cc(C(=O)NCc3ccc(F)c(Cl)c3F)c1=O)[C@H]1COCC[C@]13OC[C@@H](C)N3C2=O. The fourth-order valence-corrected chi connectivity index (χ4v) is 5.30. The van der Waals surface area contributed by atoms with Crippen LogP contribution in [0.3, 0.4) is 0 Å². The first-order valence-electron chi connectivity index (χ1n) is 11.0. The Morgan fingerprint density at radius 1 is 1.31 bits per heavy atom. The van der Waals surface area contributed by atoms with Crippen LogP contribution < -0.4 is 15.5 Å². The maximum atomic E-state index is 14.2. The molecule has 2 amide bonds. The van der Waals surface area contributed by atoms with Crippen LogP contribution in [0, 0.1) is 11.6 Å². The third-order valence-electron chi connectivity index (χ3n) is 6.78. The van der Waals surface area contributed by atoms with Crippen molar-refractivity contribution in [2.75, 3.05) is 26.9 Å².